The van der Waals surface area contributed by atoms with Gasteiger partial charge in [0.1, 0.15) is 11.6 Å². The van der Waals surface area contributed by atoms with Gasteiger partial charge in [-0.25, -0.2) is 9.59 Å². The zero-order valence-corrected chi connectivity index (χ0v) is 9.62. The molecule has 19 heavy (non-hydrogen) atoms. The molecule has 4 N–H and O–H groups in total. The lowest BCUT2D eigenvalue weighted by Crippen LogP contribution is -2.43. The molecule has 1 amide bonds. The van der Waals surface area contributed by atoms with Gasteiger partial charge in [0, 0.05) is 19.2 Å². The van der Waals surface area contributed by atoms with E-state index in [-0.39, 0.29) is 18.5 Å². The van der Waals surface area contributed by atoms with Crippen molar-refractivity contribution in [3.8, 4) is 0 Å². The average molecular weight is 269 g/mol. The standard InChI is InChI=1S/C10H11N3O6/c14-4-1-6(9(17)18)13(3-4)8(16)5-2-11-10(19)12-7(5)15/h2,4,6,14H,1,3H2,(H,17,18)(H2,11,12,15,19)/t4-,6-/m0/s1. The van der Waals surface area contributed by atoms with Crippen molar-refractivity contribution in [2.45, 2.75) is 18.6 Å². The minimum Gasteiger partial charge on any atom is -0.480 e. The Morgan fingerprint density at radius 3 is 2.63 bits per heavy atom. The Bertz CT molecular complexity index is 633. The van der Waals surface area contributed by atoms with Gasteiger partial charge in [-0.15, -0.1) is 0 Å². The maximum atomic E-state index is 12.0. The zero-order chi connectivity index (χ0) is 14.2. The number of nitrogens with zero attached hydrogens (tertiary/aromatic N) is 1. The molecule has 0 spiro atoms. The summed E-state index contributed by atoms with van der Waals surface area (Å²) in [6, 6.07) is -1.19. The number of carboxylic acids is 1. The number of aliphatic hydroxyl groups is 1. The fourth-order valence-electron chi connectivity index (χ4n) is 2.00. The molecule has 2 rings (SSSR count). The SMILES string of the molecule is O=C(O)[C@@H]1C[C@H](O)CN1C(=O)c1c[nH]c(=O)[nH]c1=O. The molecule has 1 aliphatic rings. The number of β-amino-alcohol motifs (C(OH)–C–C–N with tert-alkyl or cyclic N) is 1. The number of nitrogens with one attached hydrogen (secondary N) is 2. The first-order chi connectivity index (χ1) is 8.90. The lowest BCUT2D eigenvalue weighted by molar-refractivity contribution is -0.141. The Kier molecular flexibility index (Phi) is 3.21. The van der Waals surface area contributed by atoms with Gasteiger partial charge in [-0.2, -0.15) is 0 Å². The van der Waals surface area contributed by atoms with E-state index in [1.54, 1.807) is 0 Å². The Morgan fingerprint density at radius 2 is 2.05 bits per heavy atom. The smallest absolute Gasteiger partial charge is 0.326 e. The molecule has 1 aromatic heterocycles. The van der Waals surface area contributed by atoms with Gasteiger partial charge in [0.2, 0.25) is 0 Å². The van der Waals surface area contributed by atoms with Crippen LogP contribution in [0, 0.1) is 0 Å². The third kappa shape index (κ3) is 2.40. The zero-order valence-electron chi connectivity index (χ0n) is 9.62. The van der Waals surface area contributed by atoms with Crippen LogP contribution < -0.4 is 11.2 Å². The van der Waals surface area contributed by atoms with Crippen LogP contribution in [0.4, 0.5) is 0 Å². The summed E-state index contributed by atoms with van der Waals surface area (Å²) in [4.78, 5) is 50.2. The third-order valence-corrected chi connectivity index (χ3v) is 2.87. The lowest BCUT2D eigenvalue weighted by Gasteiger charge is -2.20. The molecule has 9 nitrogen and oxygen atoms in total. The van der Waals surface area contributed by atoms with Crippen LogP contribution in [0.15, 0.2) is 15.8 Å². The van der Waals surface area contributed by atoms with Crippen molar-refractivity contribution in [2.75, 3.05) is 6.54 Å². The number of hydrogen-bond donors (Lipinski definition) is 4. The highest BCUT2D eigenvalue weighted by Gasteiger charge is 2.39. The molecule has 0 aromatic carbocycles. The summed E-state index contributed by atoms with van der Waals surface area (Å²) in [6.45, 7) is -0.172. The van der Waals surface area contributed by atoms with E-state index >= 15 is 0 Å². The first-order valence-corrected chi connectivity index (χ1v) is 5.44. The Balaban J connectivity index is 2.35. The van der Waals surface area contributed by atoms with Crippen LogP contribution in [-0.4, -0.2) is 55.6 Å². The van der Waals surface area contributed by atoms with E-state index in [1.165, 1.54) is 0 Å². The van der Waals surface area contributed by atoms with Crippen molar-refractivity contribution in [3.63, 3.8) is 0 Å². The van der Waals surface area contributed by atoms with Gasteiger partial charge in [0.15, 0.2) is 0 Å². The molecule has 1 aliphatic heterocycles. The van der Waals surface area contributed by atoms with Crippen LogP contribution in [0.5, 0.6) is 0 Å². The number of carboxylic acid groups (broad SMARTS) is 1. The summed E-state index contributed by atoms with van der Waals surface area (Å²) in [5, 5.41) is 18.4. The number of hydrogen-bond acceptors (Lipinski definition) is 5. The number of carbonyl (C=O) groups excluding carboxylic acids is 1. The van der Waals surface area contributed by atoms with Crippen molar-refractivity contribution in [2.24, 2.45) is 0 Å². The van der Waals surface area contributed by atoms with Crippen molar-refractivity contribution < 1.29 is 19.8 Å². The number of likely N-dealkylation sites (tertiary alicyclic amines) is 1. The Morgan fingerprint density at radius 1 is 1.37 bits per heavy atom. The molecule has 0 saturated carbocycles. The number of rotatable bonds is 2. The van der Waals surface area contributed by atoms with Crippen LogP contribution in [0.25, 0.3) is 0 Å². The van der Waals surface area contributed by atoms with Crippen LogP contribution in [0.3, 0.4) is 0 Å². The fraction of sp³-hybridized carbons (Fsp3) is 0.400. The summed E-state index contributed by atoms with van der Waals surface area (Å²) in [5.41, 5.74) is -2.04. The van der Waals surface area contributed by atoms with Gasteiger partial charge in [0.25, 0.3) is 11.5 Å². The monoisotopic (exact) mass is 269 g/mol. The average Bonchev–Trinajstić information content (AvgIpc) is 2.70. The van der Waals surface area contributed by atoms with Gasteiger partial charge >= 0.3 is 11.7 Å². The molecule has 0 bridgehead atoms. The summed E-state index contributed by atoms with van der Waals surface area (Å²) in [7, 11) is 0. The van der Waals surface area contributed by atoms with Crippen molar-refractivity contribution in [1.82, 2.24) is 14.9 Å². The van der Waals surface area contributed by atoms with Crippen LogP contribution in [0.2, 0.25) is 0 Å². The van der Waals surface area contributed by atoms with Crippen molar-refractivity contribution >= 4 is 11.9 Å². The number of aromatic amines is 2. The fourth-order valence-corrected chi connectivity index (χ4v) is 2.00. The molecule has 2 atom stereocenters. The molecule has 0 aliphatic carbocycles. The van der Waals surface area contributed by atoms with E-state index in [1.807, 2.05) is 4.98 Å². The normalized spacial score (nSPS) is 22.5. The van der Waals surface area contributed by atoms with Crippen molar-refractivity contribution in [1.29, 1.82) is 0 Å². The second-order valence-corrected chi connectivity index (χ2v) is 4.19. The number of aliphatic hydroxyl groups excluding tert-OH is 1. The minimum absolute atomic E-state index is 0.0949. The van der Waals surface area contributed by atoms with E-state index in [2.05, 4.69) is 4.98 Å². The highest BCUT2D eigenvalue weighted by atomic mass is 16.4. The second-order valence-electron chi connectivity index (χ2n) is 4.19. The predicted octanol–water partition coefficient (Wildman–Crippen LogP) is -2.28. The van der Waals surface area contributed by atoms with Crippen LogP contribution in [-0.2, 0) is 4.79 Å². The maximum Gasteiger partial charge on any atom is 0.326 e. The second kappa shape index (κ2) is 4.69. The van der Waals surface area contributed by atoms with Crippen molar-refractivity contribution in [3.05, 3.63) is 32.6 Å². The van der Waals surface area contributed by atoms with Crippen LogP contribution in [0.1, 0.15) is 16.8 Å². The van der Waals surface area contributed by atoms with Crippen LogP contribution >= 0.6 is 0 Å². The molecular formula is C10H11N3O6. The highest BCUT2D eigenvalue weighted by Crippen LogP contribution is 2.19. The Labute approximate surface area is 105 Å². The molecule has 0 unspecified atom stereocenters. The summed E-state index contributed by atoms with van der Waals surface area (Å²) in [5.74, 6) is -2.10. The number of carbonyl (C=O) groups is 2. The van der Waals surface area contributed by atoms with Gasteiger partial charge in [-0.05, 0) is 0 Å². The quantitative estimate of drug-likeness (QED) is 0.476. The first-order valence-electron chi connectivity index (χ1n) is 5.44. The molecule has 2 heterocycles. The highest BCUT2D eigenvalue weighted by molar-refractivity contribution is 5.96. The summed E-state index contributed by atoms with van der Waals surface area (Å²) < 4.78 is 0. The molecule has 1 aromatic rings. The topological polar surface area (TPSA) is 144 Å². The van der Waals surface area contributed by atoms with Gasteiger partial charge < -0.3 is 20.1 Å². The van der Waals surface area contributed by atoms with E-state index in [9.17, 15) is 24.3 Å². The van der Waals surface area contributed by atoms with Gasteiger partial charge in [0.05, 0.1) is 6.10 Å². The lowest BCUT2D eigenvalue weighted by atomic mass is 10.2. The third-order valence-electron chi connectivity index (χ3n) is 2.87. The van der Waals surface area contributed by atoms with E-state index in [4.69, 9.17) is 5.11 Å². The summed E-state index contributed by atoms with van der Waals surface area (Å²) >= 11 is 0. The van der Waals surface area contributed by atoms with E-state index in [0.717, 1.165) is 11.1 Å². The van der Waals surface area contributed by atoms with Gasteiger partial charge in [-0.3, -0.25) is 14.6 Å². The minimum atomic E-state index is -1.26. The van der Waals surface area contributed by atoms with E-state index < -0.39 is 35.3 Å². The van der Waals surface area contributed by atoms with Gasteiger partial charge in [-0.1, -0.05) is 0 Å². The molecule has 0 radical (unpaired) electrons. The number of H-pyrrole nitrogens is 2. The number of amides is 1. The molecule has 9 heteroatoms. The number of aliphatic carboxylic acids is 1. The largest absolute Gasteiger partial charge is 0.480 e. The molecule has 1 fully saturated rings. The number of aromatic nitrogens is 2. The molecular weight excluding hydrogens is 258 g/mol. The maximum absolute atomic E-state index is 12.0. The molecule has 1 saturated heterocycles. The first kappa shape index (κ1) is 13.0. The van der Waals surface area contributed by atoms with E-state index in [0.29, 0.717) is 0 Å². The summed E-state index contributed by atoms with van der Waals surface area (Å²) in [6.07, 6.45) is -0.123. The predicted molar refractivity (Wildman–Crippen MR) is 60.8 cm³/mol. The molecule has 102 valence electrons. The Hall–Kier alpha value is -2.42.